The fraction of sp³-hybridized carbons (Fsp3) is 0.625. The van der Waals surface area contributed by atoms with Gasteiger partial charge in [0.2, 0.25) is 0 Å². The summed E-state index contributed by atoms with van der Waals surface area (Å²) in [4.78, 5) is 2.78. The third kappa shape index (κ3) is 4.99. The maximum absolute atomic E-state index is 12.1. The van der Waals surface area contributed by atoms with E-state index in [4.69, 9.17) is 0 Å². The Balaban J connectivity index is 3.03. The number of sulfone groups is 1. The molecule has 0 aliphatic rings. The molecule has 1 aromatic carbocycles. The average Bonchev–Trinajstić information content (AvgIpc) is 2.47. The van der Waals surface area contributed by atoms with Gasteiger partial charge in [-0.3, -0.25) is 0 Å². The van der Waals surface area contributed by atoms with E-state index in [9.17, 15) is 8.42 Å². The van der Waals surface area contributed by atoms with Crippen molar-refractivity contribution in [1.82, 2.24) is 0 Å². The largest absolute Gasteiger partial charge is 0.368 e. The first kappa shape index (κ1) is 18.5. The quantitative estimate of drug-likeness (QED) is 0.605. The van der Waals surface area contributed by atoms with E-state index >= 15 is 0 Å². The van der Waals surface area contributed by atoms with E-state index in [-0.39, 0.29) is 5.75 Å². The van der Waals surface area contributed by atoms with Gasteiger partial charge in [0.05, 0.1) is 10.6 Å². The van der Waals surface area contributed by atoms with Gasteiger partial charge in [-0.1, -0.05) is 36.7 Å². The van der Waals surface area contributed by atoms with E-state index in [1.807, 2.05) is 19.1 Å². The second kappa shape index (κ2) is 8.79. The third-order valence-corrected chi connectivity index (χ3v) is 6.00. The highest BCUT2D eigenvalue weighted by Crippen LogP contribution is 2.23. The van der Waals surface area contributed by atoms with Crippen LogP contribution in [0.25, 0.3) is 0 Å². The molecule has 0 bridgehead atoms. The molecule has 120 valence electrons. The van der Waals surface area contributed by atoms with Crippen molar-refractivity contribution in [2.75, 3.05) is 22.5 Å². The van der Waals surface area contributed by atoms with E-state index < -0.39 is 9.84 Å². The predicted octanol–water partition coefficient (Wildman–Crippen LogP) is 4.26. The first-order valence-corrected chi connectivity index (χ1v) is 10.4. The number of hydrogen-bond acceptors (Lipinski definition) is 3. The summed E-state index contributed by atoms with van der Waals surface area (Å²) < 4.78 is 24.1. The molecule has 0 fully saturated rings. The Labute approximate surface area is 137 Å². The Morgan fingerprint density at radius 2 is 1.67 bits per heavy atom. The molecule has 0 aromatic heterocycles. The summed E-state index contributed by atoms with van der Waals surface area (Å²) >= 11 is 3.50. The minimum absolute atomic E-state index is 0.212. The monoisotopic (exact) mass is 375 g/mol. The number of alkyl halides is 1. The van der Waals surface area contributed by atoms with Gasteiger partial charge >= 0.3 is 0 Å². The summed E-state index contributed by atoms with van der Waals surface area (Å²) in [5, 5.41) is 0.902. The second-order valence-corrected chi connectivity index (χ2v) is 8.07. The lowest BCUT2D eigenvalue weighted by Gasteiger charge is -2.32. The van der Waals surface area contributed by atoms with Crippen LogP contribution in [0.1, 0.15) is 40.0 Å². The van der Waals surface area contributed by atoms with Crippen molar-refractivity contribution < 1.29 is 8.42 Å². The van der Waals surface area contributed by atoms with Crippen LogP contribution in [0.3, 0.4) is 0 Å². The Hall–Kier alpha value is -0.550. The number of benzene rings is 1. The standard InChI is InChI=1S/C16H26BrNO2S/c1-4-13-21(19,20)16-9-7-15(8-10-16)18(12-11-17)14(5-2)6-3/h7-10,14H,4-6,11-13H2,1-3H3. The summed E-state index contributed by atoms with van der Waals surface area (Å²) in [6.07, 6.45) is 2.81. The lowest BCUT2D eigenvalue weighted by Crippen LogP contribution is -2.36. The fourth-order valence-corrected chi connectivity index (χ4v) is 4.28. The van der Waals surface area contributed by atoms with Crippen molar-refractivity contribution in [2.45, 2.75) is 51.0 Å². The fourth-order valence-electron chi connectivity index (χ4n) is 2.57. The van der Waals surface area contributed by atoms with Crippen molar-refractivity contribution in [3.63, 3.8) is 0 Å². The topological polar surface area (TPSA) is 37.4 Å². The van der Waals surface area contributed by atoms with E-state index in [1.165, 1.54) is 0 Å². The van der Waals surface area contributed by atoms with Gasteiger partial charge in [-0.05, 0) is 43.5 Å². The lowest BCUT2D eigenvalue weighted by molar-refractivity contribution is 0.568. The van der Waals surface area contributed by atoms with Crippen LogP contribution in [0.5, 0.6) is 0 Å². The first-order chi connectivity index (χ1) is 10.00. The molecular formula is C16H26BrNO2S. The van der Waals surface area contributed by atoms with Crippen molar-refractivity contribution in [3.8, 4) is 0 Å². The number of anilines is 1. The SMILES string of the molecule is CCCS(=O)(=O)c1ccc(N(CCBr)C(CC)CC)cc1. The predicted molar refractivity (Wildman–Crippen MR) is 94.3 cm³/mol. The van der Waals surface area contributed by atoms with Gasteiger partial charge < -0.3 is 4.90 Å². The third-order valence-electron chi connectivity index (χ3n) is 3.71. The van der Waals surface area contributed by atoms with Crippen LogP contribution in [0.4, 0.5) is 5.69 Å². The Bertz CT molecular complexity index is 510. The van der Waals surface area contributed by atoms with Crippen LogP contribution < -0.4 is 4.90 Å². The second-order valence-electron chi connectivity index (χ2n) is 5.17. The molecule has 0 unspecified atom stereocenters. The van der Waals surface area contributed by atoms with E-state index in [0.29, 0.717) is 17.4 Å². The maximum Gasteiger partial charge on any atom is 0.178 e. The van der Waals surface area contributed by atoms with Gasteiger partial charge in [-0.15, -0.1) is 0 Å². The molecule has 1 aromatic rings. The molecule has 21 heavy (non-hydrogen) atoms. The molecule has 1 rings (SSSR count). The summed E-state index contributed by atoms with van der Waals surface area (Å²) in [5.74, 6) is 0.212. The lowest BCUT2D eigenvalue weighted by atomic mass is 10.1. The smallest absolute Gasteiger partial charge is 0.178 e. The van der Waals surface area contributed by atoms with Gasteiger partial charge in [0.1, 0.15) is 0 Å². The average molecular weight is 376 g/mol. The van der Waals surface area contributed by atoms with Gasteiger partial charge in [-0.25, -0.2) is 8.42 Å². The number of halogens is 1. The summed E-state index contributed by atoms with van der Waals surface area (Å²) in [7, 11) is -3.12. The van der Waals surface area contributed by atoms with Gasteiger partial charge in [0.25, 0.3) is 0 Å². The Morgan fingerprint density at radius 1 is 1.10 bits per heavy atom. The molecule has 0 heterocycles. The molecule has 5 heteroatoms. The number of nitrogens with zero attached hydrogens (tertiary/aromatic N) is 1. The molecule has 0 atom stereocenters. The van der Waals surface area contributed by atoms with Crippen LogP contribution in [0.2, 0.25) is 0 Å². The van der Waals surface area contributed by atoms with Gasteiger partial charge in [0.15, 0.2) is 9.84 Å². The molecule has 0 amide bonds. The summed E-state index contributed by atoms with van der Waals surface area (Å²) in [6, 6.07) is 7.83. The summed E-state index contributed by atoms with van der Waals surface area (Å²) in [5.41, 5.74) is 1.10. The maximum atomic E-state index is 12.1. The molecule has 0 spiro atoms. The van der Waals surface area contributed by atoms with Crippen LogP contribution in [0, 0.1) is 0 Å². The molecule has 3 nitrogen and oxygen atoms in total. The van der Waals surface area contributed by atoms with E-state index in [2.05, 4.69) is 34.7 Å². The van der Waals surface area contributed by atoms with Crippen LogP contribution in [-0.4, -0.2) is 32.1 Å². The van der Waals surface area contributed by atoms with Crippen LogP contribution in [0.15, 0.2) is 29.2 Å². The van der Waals surface area contributed by atoms with Crippen molar-refractivity contribution in [1.29, 1.82) is 0 Å². The zero-order valence-corrected chi connectivity index (χ0v) is 15.6. The van der Waals surface area contributed by atoms with Crippen molar-refractivity contribution >= 4 is 31.5 Å². The molecule has 0 saturated carbocycles. The zero-order valence-electron chi connectivity index (χ0n) is 13.2. The Kier molecular flexibility index (Phi) is 7.74. The minimum atomic E-state index is -3.12. The molecule has 0 aliphatic carbocycles. The molecular weight excluding hydrogens is 350 g/mol. The van der Waals surface area contributed by atoms with Gasteiger partial charge in [-0.2, -0.15) is 0 Å². The summed E-state index contributed by atoms with van der Waals surface area (Å²) in [6.45, 7) is 7.19. The zero-order chi connectivity index (χ0) is 15.9. The molecule has 0 aliphatic heterocycles. The van der Waals surface area contributed by atoms with Crippen molar-refractivity contribution in [3.05, 3.63) is 24.3 Å². The number of rotatable bonds is 9. The minimum Gasteiger partial charge on any atom is -0.368 e. The molecule has 0 saturated heterocycles. The van der Waals surface area contributed by atoms with E-state index in [0.717, 1.165) is 30.4 Å². The number of hydrogen-bond donors (Lipinski definition) is 0. The first-order valence-electron chi connectivity index (χ1n) is 7.65. The highest BCUT2D eigenvalue weighted by Gasteiger charge is 2.17. The van der Waals surface area contributed by atoms with Crippen molar-refractivity contribution in [2.24, 2.45) is 0 Å². The molecule has 0 N–H and O–H groups in total. The van der Waals surface area contributed by atoms with Crippen LogP contribution >= 0.6 is 15.9 Å². The van der Waals surface area contributed by atoms with Crippen LogP contribution in [-0.2, 0) is 9.84 Å². The highest BCUT2D eigenvalue weighted by molar-refractivity contribution is 9.09. The highest BCUT2D eigenvalue weighted by atomic mass is 79.9. The Morgan fingerprint density at radius 3 is 2.10 bits per heavy atom. The molecule has 0 radical (unpaired) electrons. The van der Waals surface area contributed by atoms with E-state index in [1.54, 1.807) is 12.1 Å². The normalized spacial score (nSPS) is 11.9. The van der Waals surface area contributed by atoms with Gasteiger partial charge in [0, 0.05) is 23.6 Å².